The van der Waals surface area contributed by atoms with Gasteiger partial charge in [0.25, 0.3) is 0 Å². The molecule has 0 saturated heterocycles. The third-order valence-electron chi connectivity index (χ3n) is 4.18. The summed E-state index contributed by atoms with van der Waals surface area (Å²) in [6.45, 7) is 2.03. The van der Waals surface area contributed by atoms with E-state index in [9.17, 15) is 4.39 Å². The van der Waals surface area contributed by atoms with E-state index in [1.54, 1.807) is 12.1 Å². The van der Waals surface area contributed by atoms with Gasteiger partial charge in [-0.15, -0.1) is 11.8 Å². The number of nitrogens with zero attached hydrogens (tertiary/aromatic N) is 1. The molecule has 0 aliphatic carbocycles. The van der Waals surface area contributed by atoms with Crippen molar-refractivity contribution in [2.24, 2.45) is 0 Å². The summed E-state index contributed by atoms with van der Waals surface area (Å²) in [5.74, 6) is -0.127. The number of hydrogen-bond acceptors (Lipinski definition) is 2. The molecule has 0 N–H and O–H groups in total. The van der Waals surface area contributed by atoms with Gasteiger partial charge >= 0.3 is 0 Å². The smallest absolute Gasteiger partial charge is 0.125 e. The monoisotopic (exact) mass is 285 g/mol. The molecular weight excluding hydrogens is 269 g/mol. The van der Waals surface area contributed by atoms with E-state index in [2.05, 4.69) is 29.2 Å². The minimum atomic E-state index is -0.127. The van der Waals surface area contributed by atoms with Crippen LogP contribution in [-0.2, 0) is 12.8 Å². The van der Waals surface area contributed by atoms with E-state index >= 15 is 0 Å². The summed E-state index contributed by atoms with van der Waals surface area (Å²) in [7, 11) is 0. The molecule has 0 radical (unpaired) electrons. The molecule has 0 bridgehead atoms. The van der Waals surface area contributed by atoms with Crippen molar-refractivity contribution in [3.8, 4) is 0 Å². The van der Waals surface area contributed by atoms with E-state index in [4.69, 9.17) is 0 Å². The molecule has 2 aliphatic rings. The molecule has 20 heavy (non-hydrogen) atoms. The number of rotatable bonds is 2. The van der Waals surface area contributed by atoms with Gasteiger partial charge < -0.3 is 4.90 Å². The minimum Gasteiger partial charge on any atom is -0.370 e. The van der Waals surface area contributed by atoms with Gasteiger partial charge in [0, 0.05) is 28.9 Å². The molecular formula is C17H16FNS. The van der Waals surface area contributed by atoms with Gasteiger partial charge in [-0.2, -0.15) is 0 Å². The number of thioether (sulfide) groups is 1. The lowest BCUT2D eigenvalue weighted by Gasteiger charge is -2.22. The van der Waals surface area contributed by atoms with Crippen LogP contribution in [0.4, 0.5) is 10.1 Å². The lowest BCUT2D eigenvalue weighted by Crippen LogP contribution is -2.29. The van der Waals surface area contributed by atoms with Gasteiger partial charge in [0.1, 0.15) is 5.82 Å². The molecule has 0 aromatic heterocycles. The zero-order valence-electron chi connectivity index (χ0n) is 11.2. The maximum Gasteiger partial charge on any atom is 0.125 e. The molecule has 3 heteroatoms. The van der Waals surface area contributed by atoms with Gasteiger partial charge in [0.15, 0.2) is 0 Å². The van der Waals surface area contributed by atoms with Crippen LogP contribution in [0.1, 0.15) is 11.1 Å². The van der Waals surface area contributed by atoms with E-state index in [-0.39, 0.29) is 5.82 Å². The largest absolute Gasteiger partial charge is 0.370 e. The quantitative estimate of drug-likeness (QED) is 0.823. The van der Waals surface area contributed by atoms with Crippen molar-refractivity contribution in [2.45, 2.75) is 23.0 Å². The van der Waals surface area contributed by atoms with Crippen LogP contribution in [0.15, 0.2) is 47.4 Å². The molecule has 2 aromatic rings. The molecule has 0 fully saturated rings. The first-order chi connectivity index (χ1) is 9.79. The van der Waals surface area contributed by atoms with Crippen molar-refractivity contribution in [3.63, 3.8) is 0 Å². The Balaban J connectivity index is 1.52. The Morgan fingerprint density at radius 2 is 2.05 bits per heavy atom. The molecule has 0 spiro atoms. The summed E-state index contributed by atoms with van der Waals surface area (Å²) >= 11 is 1.97. The molecule has 2 aliphatic heterocycles. The fourth-order valence-corrected chi connectivity index (χ4v) is 4.55. The van der Waals surface area contributed by atoms with Crippen LogP contribution < -0.4 is 4.90 Å². The van der Waals surface area contributed by atoms with E-state index in [0.29, 0.717) is 5.25 Å². The van der Waals surface area contributed by atoms with Gasteiger partial charge in [0.2, 0.25) is 0 Å². The second-order valence-corrected chi connectivity index (χ2v) is 6.86. The minimum absolute atomic E-state index is 0.127. The molecule has 1 atom stereocenters. The number of hydrogen-bond donors (Lipinski definition) is 0. The van der Waals surface area contributed by atoms with Crippen LogP contribution in [-0.4, -0.2) is 18.3 Å². The number of fused-ring (bicyclic) bond motifs is 2. The molecule has 2 heterocycles. The van der Waals surface area contributed by atoms with Crippen LogP contribution in [0.5, 0.6) is 0 Å². The van der Waals surface area contributed by atoms with Crippen LogP contribution >= 0.6 is 11.8 Å². The third kappa shape index (κ3) is 2.10. The predicted octanol–water partition coefficient (Wildman–Crippen LogP) is 3.91. The second-order valence-electron chi connectivity index (χ2n) is 5.52. The van der Waals surface area contributed by atoms with Crippen molar-refractivity contribution < 1.29 is 4.39 Å². The molecule has 2 aromatic carbocycles. The van der Waals surface area contributed by atoms with E-state index in [1.165, 1.54) is 16.0 Å². The summed E-state index contributed by atoms with van der Waals surface area (Å²) in [5.41, 5.74) is 3.84. The number of benzene rings is 2. The van der Waals surface area contributed by atoms with Crippen molar-refractivity contribution in [1.29, 1.82) is 0 Å². The van der Waals surface area contributed by atoms with Crippen molar-refractivity contribution in [1.82, 2.24) is 0 Å². The molecule has 4 rings (SSSR count). The normalized spacial score (nSPS) is 20.1. The van der Waals surface area contributed by atoms with Crippen LogP contribution in [0.25, 0.3) is 0 Å². The van der Waals surface area contributed by atoms with E-state index < -0.39 is 0 Å². The first-order valence-corrected chi connectivity index (χ1v) is 7.95. The predicted molar refractivity (Wildman–Crippen MR) is 82.1 cm³/mol. The lowest BCUT2D eigenvalue weighted by atomic mass is 10.1. The van der Waals surface area contributed by atoms with Crippen LogP contribution in [0.3, 0.4) is 0 Å². The lowest BCUT2D eigenvalue weighted by molar-refractivity contribution is 0.627. The fraction of sp³-hybridized carbons (Fsp3) is 0.294. The van der Waals surface area contributed by atoms with Crippen molar-refractivity contribution in [3.05, 3.63) is 59.4 Å². The molecule has 102 valence electrons. The molecule has 1 nitrogen and oxygen atoms in total. The zero-order chi connectivity index (χ0) is 13.5. The molecule has 0 amide bonds. The maximum atomic E-state index is 13.4. The van der Waals surface area contributed by atoms with Crippen molar-refractivity contribution in [2.75, 3.05) is 18.0 Å². The Morgan fingerprint density at radius 1 is 1.15 bits per heavy atom. The highest BCUT2D eigenvalue weighted by atomic mass is 32.2. The molecule has 0 saturated carbocycles. The van der Waals surface area contributed by atoms with Gasteiger partial charge in [-0.3, -0.25) is 0 Å². The average molecular weight is 285 g/mol. The van der Waals surface area contributed by atoms with Crippen molar-refractivity contribution >= 4 is 17.4 Å². The molecule has 1 unspecified atom stereocenters. The second kappa shape index (κ2) is 4.81. The number of halogens is 1. The summed E-state index contributed by atoms with van der Waals surface area (Å²) in [6.07, 6.45) is 2.17. The Labute approximate surface area is 122 Å². The Morgan fingerprint density at radius 3 is 2.95 bits per heavy atom. The highest BCUT2D eigenvalue weighted by Crippen LogP contribution is 2.38. The fourth-order valence-electron chi connectivity index (χ4n) is 3.21. The first-order valence-electron chi connectivity index (χ1n) is 7.07. The van der Waals surface area contributed by atoms with Gasteiger partial charge in [-0.05, 0) is 42.2 Å². The number of anilines is 1. The van der Waals surface area contributed by atoms with Crippen LogP contribution in [0, 0.1) is 5.82 Å². The highest BCUT2D eigenvalue weighted by Gasteiger charge is 2.27. The topological polar surface area (TPSA) is 3.24 Å². The van der Waals surface area contributed by atoms with E-state index in [0.717, 1.165) is 31.6 Å². The average Bonchev–Trinajstić information content (AvgIpc) is 3.03. The Bertz CT molecular complexity index is 630. The van der Waals surface area contributed by atoms with Crippen LogP contribution in [0.2, 0.25) is 0 Å². The summed E-state index contributed by atoms with van der Waals surface area (Å²) in [5, 5.41) is 0.585. The Hall–Kier alpha value is -1.48. The summed E-state index contributed by atoms with van der Waals surface area (Å²) in [6, 6.07) is 13.8. The van der Waals surface area contributed by atoms with Gasteiger partial charge in [-0.25, -0.2) is 4.39 Å². The highest BCUT2D eigenvalue weighted by molar-refractivity contribution is 8.00. The SMILES string of the molecule is Fc1ccc2c(c1)N(CC1Cc3ccccc3S1)CC2. The maximum absolute atomic E-state index is 13.4. The zero-order valence-corrected chi connectivity index (χ0v) is 12.0. The standard InChI is InChI=1S/C17H16FNS/c18-14-6-5-12-7-8-19(16(12)10-14)11-15-9-13-3-1-2-4-17(13)20-15/h1-6,10,15H,7-9,11H2. The summed E-state index contributed by atoms with van der Waals surface area (Å²) in [4.78, 5) is 3.76. The van der Waals surface area contributed by atoms with E-state index in [1.807, 2.05) is 17.8 Å². The van der Waals surface area contributed by atoms with Gasteiger partial charge in [-0.1, -0.05) is 24.3 Å². The Kier molecular flexibility index (Phi) is 2.95. The summed E-state index contributed by atoms with van der Waals surface area (Å²) < 4.78 is 13.4. The van der Waals surface area contributed by atoms with Gasteiger partial charge in [0.05, 0.1) is 0 Å². The first kappa shape index (κ1) is 12.3. The third-order valence-corrected chi connectivity index (χ3v) is 5.48.